The average molecular weight is 605 g/mol. The molecule has 0 amide bonds. The number of nitrogens with zero attached hydrogens (tertiary/aromatic N) is 4. The summed E-state index contributed by atoms with van der Waals surface area (Å²) in [5, 5.41) is 8.43. The van der Waals surface area contributed by atoms with E-state index in [0.29, 0.717) is 22.2 Å². The summed E-state index contributed by atoms with van der Waals surface area (Å²) in [6, 6.07) is 17.6. The molecule has 1 aliphatic rings. The standard InChI is InChI=1S/C31H24F4N6O3/c1-16(2)40-25-24(12-13-36-28(25)39-30(40)42)43-23-11-10-18(14-21(23)32)38-29-26(44-29)20-15-37-41(27(20)31(33,34)35)22-9-5-7-17-6-3-4-8-19(17)22/h3-16,26,29,38H,1-2H3,(H,36,39,42). The number of alkyl halides is 3. The van der Waals surface area contributed by atoms with Crippen molar-refractivity contribution in [3.63, 3.8) is 0 Å². The third kappa shape index (κ3) is 4.74. The normalized spacial score (nSPS) is 16.6. The second-order valence-corrected chi connectivity index (χ2v) is 10.6. The van der Waals surface area contributed by atoms with Crippen LogP contribution in [0.4, 0.5) is 23.2 Å². The van der Waals surface area contributed by atoms with Gasteiger partial charge in [-0.15, -0.1) is 0 Å². The number of ether oxygens (including phenoxy) is 2. The van der Waals surface area contributed by atoms with Crippen molar-refractivity contribution < 1.29 is 27.0 Å². The van der Waals surface area contributed by atoms with Gasteiger partial charge in [0.05, 0.1) is 11.9 Å². The van der Waals surface area contributed by atoms with Crippen LogP contribution in [0, 0.1) is 5.82 Å². The van der Waals surface area contributed by atoms with Crippen molar-refractivity contribution in [2.45, 2.75) is 38.4 Å². The van der Waals surface area contributed by atoms with Gasteiger partial charge in [0.2, 0.25) is 0 Å². The third-order valence-corrected chi connectivity index (χ3v) is 7.41. The number of hydrogen-bond donors (Lipinski definition) is 2. The van der Waals surface area contributed by atoms with E-state index in [1.807, 2.05) is 32.0 Å². The molecule has 2 unspecified atom stereocenters. The molecule has 13 heteroatoms. The molecule has 44 heavy (non-hydrogen) atoms. The Balaban J connectivity index is 1.13. The number of aromatic amines is 1. The molecule has 3 aromatic carbocycles. The van der Waals surface area contributed by atoms with Crippen molar-refractivity contribution in [3.8, 4) is 17.2 Å². The molecular weight excluding hydrogens is 580 g/mol. The first-order chi connectivity index (χ1) is 21.1. The zero-order valence-electron chi connectivity index (χ0n) is 23.3. The first kappa shape index (κ1) is 27.7. The van der Waals surface area contributed by atoms with Gasteiger partial charge in [0.1, 0.15) is 11.6 Å². The molecule has 4 heterocycles. The van der Waals surface area contributed by atoms with Crippen LogP contribution in [0.15, 0.2) is 83.9 Å². The van der Waals surface area contributed by atoms with Crippen molar-refractivity contribution in [1.29, 1.82) is 0 Å². The number of hydrogen-bond acceptors (Lipinski definition) is 6. The molecule has 0 saturated carbocycles. The molecule has 224 valence electrons. The summed E-state index contributed by atoms with van der Waals surface area (Å²) in [6.45, 7) is 3.65. The van der Waals surface area contributed by atoms with Gasteiger partial charge >= 0.3 is 11.9 Å². The van der Waals surface area contributed by atoms with E-state index in [0.717, 1.165) is 22.3 Å². The molecule has 0 radical (unpaired) electrons. The molecule has 9 nitrogen and oxygen atoms in total. The van der Waals surface area contributed by atoms with E-state index in [9.17, 15) is 18.0 Å². The molecule has 7 rings (SSSR count). The van der Waals surface area contributed by atoms with E-state index >= 15 is 4.39 Å². The van der Waals surface area contributed by atoms with Crippen LogP contribution in [-0.4, -0.2) is 30.5 Å². The van der Waals surface area contributed by atoms with Gasteiger partial charge in [-0.1, -0.05) is 36.4 Å². The maximum atomic E-state index is 15.2. The SMILES string of the molecule is CC(C)n1c(=O)[nH]c2nccc(Oc3ccc(NC4OC4c4cnn(-c5cccc6ccccc56)c4C(F)(F)F)cc3F)c21. The van der Waals surface area contributed by atoms with Crippen LogP contribution in [0.3, 0.4) is 0 Å². The topological polar surface area (TPSA) is 102 Å². The fraction of sp³-hybridized carbons (Fsp3) is 0.194. The van der Waals surface area contributed by atoms with Crippen LogP contribution in [0.1, 0.15) is 37.3 Å². The fourth-order valence-corrected chi connectivity index (χ4v) is 5.44. The Bertz CT molecular complexity index is 2090. The smallest absolute Gasteiger partial charge is 0.433 e. The first-order valence-corrected chi connectivity index (χ1v) is 13.7. The van der Waals surface area contributed by atoms with Crippen LogP contribution in [0.25, 0.3) is 27.6 Å². The molecule has 0 spiro atoms. The number of imidazole rings is 1. The Morgan fingerprint density at radius 3 is 2.61 bits per heavy atom. The van der Waals surface area contributed by atoms with Crippen molar-refractivity contribution >= 4 is 27.6 Å². The number of fused-ring (bicyclic) bond motifs is 2. The number of pyridine rings is 1. The summed E-state index contributed by atoms with van der Waals surface area (Å²) in [7, 11) is 0. The van der Waals surface area contributed by atoms with E-state index in [2.05, 4.69) is 20.4 Å². The van der Waals surface area contributed by atoms with Gasteiger partial charge in [-0.3, -0.25) is 9.55 Å². The van der Waals surface area contributed by atoms with E-state index in [1.54, 1.807) is 24.3 Å². The second-order valence-electron chi connectivity index (χ2n) is 10.6. The summed E-state index contributed by atoms with van der Waals surface area (Å²) in [6.07, 6.45) is -3.92. The van der Waals surface area contributed by atoms with Crippen molar-refractivity contribution in [2.75, 3.05) is 5.32 Å². The van der Waals surface area contributed by atoms with Crippen LogP contribution < -0.4 is 15.7 Å². The number of rotatable bonds is 7. The Morgan fingerprint density at radius 2 is 1.84 bits per heavy atom. The van der Waals surface area contributed by atoms with Gasteiger partial charge in [-0.05, 0) is 37.4 Å². The highest BCUT2D eigenvalue weighted by molar-refractivity contribution is 5.90. The molecule has 2 N–H and O–H groups in total. The number of nitrogens with one attached hydrogen (secondary N) is 2. The number of halogens is 4. The number of epoxide rings is 1. The number of aromatic nitrogens is 5. The second kappa shape index (κ2) is 10.2. The van der Waals surface area contributed by atoms with Gasteiger partial charge in [0.25, 0.3) is 0 Å². The minimum Gasteiger partial charge on any atom is -0.452 e. The van der Waals surface area contributed by atoms with E-state index in [-0.39, 0.29) is 34.5 Å². The predicted molar refractivity (Wildman–Crippen MR) is 155 cm³/mol. The summed E-state index contributed by atoms with van der Waals surface area (Å²) < 4.78 is 72.1. The third-order valence-electron chi connectivity index (χ3n) is 7.41. The van der Waals surface area contributed by atoms with E-state index in [1.165, 1.54) is 29.0 Å². The lowest BCUT2D eigenvalue weighted by atomic mass is 10.1. The summed E-state index contributed by atoms with van der Waals surface area (Å²) in [5.41, 5.74) is -0.168. The lowest BCUT2D eigenvalue weighted by Gasteiger charge is -2.14. The van der Waals surface area contributed by atoms with Gasteiger partial charge in [0, 0.05) is 41.0 Å². The Morgan fingerprint density at radius 1 is 1.05 bits per heavy atom. The largest absolute Gasteiger partial charge is 0.452 e. The molecule has 1 aliphatic heterocycles. The number of anilines is 1. The molecule has 1 saturated heterocycles. The minimum atomic E-state index is -4.72. The molecule has 0 bridgehead atoms. The van der Waals surface area contributed by atoms with Gasteiger partial charge in [-0.2, -0.15) is 18.3 Å². The lowest BCUT2D eigenvalue weighted by Crippen LogP contribution is -2.18. The van der Waals surface area contributed by atoms with Gasteiger partial charge < -0.3 is 14.8 Å². The summed E-state index contributed by atoms with van der Waals surface area (Å²) >= 11 is 0. The minimum absolute atomic E-state index is 0.115. The Kier molecular flexibility index (Phi) is 6.43. The monoisotopic (exact) mass is 604 g/mol. The van der Waals surface area contributed by atoms with E-state index in [4.69, 9.17) is 9.47 Å². The summed E-state index contributed by atoms with van der Waals surface area (Å²) in [4.78, 5) is 19.2. The van der Waals surface area contributed by atoms with Crippen LogP contribution in [0.2, 0.25) is 0 Å². The van der Waals surface area contributed by atoms with Crippen LogP contribution >= 0.6 is 0 Å². The molecule has 3 aromatic heterocycles. The maximum absolute atomic E-state index is 15.2. The number of benzene rings is 3. The summed E-state index contributed by atoms with van der Waals surface area (Å²) in [5.74, 6) is -0.614. The quantitative estimate of drug-likeness (QED) is 0.149. The average Bonchev–Trinajstić information content (AvgIpc) is 3.42. The molecular formula is C31H24F4N6O3. The highest BCUT2D eigenvalue weighted by atomic mass is 19.4. The number of H-pyrrole nitrogens is 1. The highest BCUT2D eigenvalue weighted by Crippen LogP contribution is 2.46. The first-order valence-electron chi connectivity index (χ1n) is 13.7. The molecule has 1 fully saturated rings. The highest BCUT2D eigenvalue weighted by Gasteiger charge is 2.49. The van der Waals surface area contributed by atoms with Crippen LogP contribution in [0.5, 0.6) is 11.5 Å². The molecule has 2 atom stereocenters. The molecule has 0 aliphatic carbocycles. The van der Waals surface area contributed by atoms with Crippen LogP contribution in [-0.2, 0) is 10.9 Å². The van der Waals surface area contributed by atoms with Gasteiger partial charge in [-0.25, -0.2) is 18.9 Å². The van der Waals surface area contributed by atoms with Crippen molar-refractivity contribution in [1.82, 2.24) is 24.3 Å². The Labute approximate surface area is 246 Å². The van der Waals surface area contributed by atoms with E-state index < -0.39 is 30.0 Å². The molecule has 6 aromatic rings. The van der Waals surface area contributed by atoms with Crippen molar-refractivity contribution in [2.24, 2.45) is 0 Å². The zero-order chi connectivity index (χ0) is 30.7. The Hall–Kier alpha value is -5.17. The lowest BCUT2D eigenvalue weighted by molar-refractivity contribution is -0.143. The zero-order valence-corrected chi connectivity index (χ0v) is 23.3. The van der Waals surface area contributed by atoms with Crippen molar-refractivity contribution in [3.05, 3.63) is 107 Å². The predicted octanol–water partition coefficient (Wildman–Crippen LogP) is 7.10. The van der Waals surface area contributed by atoms with Gasteiger partial charge in [0.15, 0.2) is 34.9 Å². The fourth-order valence-electron chi connectivity index (χ4n) is 5.44. The maximum Gasteiger partial charge on any atom is 0.433 e.